The molecule has 0 aromatic heterocycles. The Bertz CT molecular complexity index is 1050. The Morgan fingerprint density at radius 1 is 0.805 bits per heavy atom. The average Bonchev–Trinajstić information content (AvgIpc) is 2.85. The van der Waals surface area contributed by atoms with Gasteiger partial charge < -0.3 is 34.2 Å². The lowest BCUT2D eigenvalue weighted by Gasteiger charge is -2.22. The van der Waals surface area contributed by atoms with Gasteiger partial charge in [0.2, 0.25) is 0 Å². The van der Waals surface area contributed by atoms with Crippen LogP contribution in [0.4, 0.5) is 9.59 Å². The molecule has 0 bridgehead atoms. The van der Waals surface area contributed by atoms with E-state index in [1.807, 2.05) is 48.5 Å². The van der Waals surface area contributed by atoms with Crippen molar-refractivity contribution in [2.24, 2.45) is 22.0 Å². The second-order valence-electron chi connectivity index (χ2n) is 13.1. The molecule has 0 fully saturated rings. The third-order valence-corrected chi connectivity index (χ3v) is 5.60. The summed E-state index contributed by atoms with van der Waals surface area (Å²) in [4.78, 5) is 49.4. The Balaban J connectivity index is 2.94. The molecule has 0 aliphatic heterocycles. The summed E-state index contributed by atoms with van der Waals surface area (Å²) < 4.78 is 31.5. The fourth-order valence-corrected chi connectivity index (χ4v) is 2.82. The van der Waals surface area contributed by atoms with Gasteiger partial charge in [-0.25, -0.2) is 9.59 Å². The molecule has 0 unspecified atom stereocenters. The lowest BCUT2D eigenvalue weighted by atomic mass is 9.91. The first kappa shape index (κ1) is 35.7. The standard InChI is InChI=1S/C30H47NO10/c1-11-30(9,10)25(33)36-16-19(2)39-24(32)21(31)14-20-12-13-22(40-26(34)37-17-28(3,4)5)23(15-20)41-27(35)38-18-29(6,7)8/h12-13,15,19,21H,11,14,16-18,31H2,1-10H3/t19-,21-/m0/s1. The summed E-state index contributed by atoms with van der Waals surface area (Å²) >= 11 is 0. The van der Waals surface area contributed by atoms with E-state index in [0.717, 1.165) is 0 Å². The summed E-state index contributed by atoms with van der Waals surface area (Å²) in [5.74, 6) is -1.29. The molecule has 0 saturated carbocycles. The van der Waals surface area contributed by atoms with Crippen LogP contribution in [-0.4, -0.2) is 56.2 Å². The second-order valence-corrected chi connectivity index (χ2v) is 13.1. The largest absolute Gasteiger partial charge is 0.513 e. The van der Waals surface area contributed by atoms with Crippen LogP contribution in [0.3, 0.4) is 0 Å². The van der Waals surface area contributed by atoms with E-state index in [4.69, 9.17) is 34.2 Å². The molecule has 232 valence electrons. The van der Waals surface area contributed by atoms with Crippen molar-refractivity contribution in [2.75, 3.05) is 19.8 Å². The van der Waals surface area contributed by atoms with Gasteiger partial charge in [0.25, 0.3) is 0 Å². The summed E-state index contributed by atoms with van der Waals surface area (Å²) in [6.45, 7) is 18.5. The van der Waals surface area contributed by atoms with Crippen molar-refractivity contribution >= 4 is 24.2 Å². The predicted octanol–water partition coefficient (Wildman–Crippen LogP) is 5.59. The minimum absolute atomic E-state index is 0.0103. The van der Waals surface area contributed by atoms with Crippen molar-refractivity contribution in [1.82, 2.24) is 0 Å². The van der Waals surface area contributed by atoms with E-state index in [2.05, 4.69) is 0 Å². The predicted molar refractivity (Wildman–Crippen MR) is 152 cm³/mol. The summed E-state index contributed by atoms with van der Waals surface area (Å²) in [5, 5.41) is 0. The third kappa shape index (κ3) is 14.2. The molecule has 2 N–H and O–H groups in total. The Morgan fingerprint density at radius 2 is 1.32 bits per heavy atom. The van der Waals surface area contributed by atoms with E-state index in [0.29, 0.717) is 12.0 Å². The lowest BCUT2D eigenvalue weighted by Crippen LogP contribution is -2.38. The van der Waals surface area contributed by atoms with E-state index >= 15 is 0 Å². The molecular formula is C30H47NO10. The molecule has 0 radical (unpaired) electrons. The highest BCUT2D eigenvalue weighted by Crippen LogP contribution is 2.30. The minimum Gasteiger partial charge on any atom is -0.461 e. The molecule has 0 amide bonds. The van der Waals surface area contributed by atoms with Crippen LogP contribution < -0.4 is 15.2 Å². The molecule has 11 heteroatoms. The zero-order chi connectivity index (χ0) is 31.6. The van der Waals surface area contributed by atoms with Gasteiger partial charge in [-0.3, -0.25) is 9.59 Å². The van der Waals surface area contributed by atoms with Gasteiger partial charge in [-0.1, -0.05) is 54.5 Å². The van der Waals surface area contributed by atoms with E-state index < -0.39 is 35.8 Å². The minimum atomic E-state index is -1.08. The van der Waals surface area contributed by atoms with Crippen LogP contribution in [0, 0.1) is 16.2 Å². The van der Waals surface area contributed by atoms with E-state index in [1.54, 1.807) is 26.8 Å². The molecule has 41 heavy (non-hydrogen) atoms. The highest BCUT2D eigenvalue weighted by molar-refractivity contribution is 5.77. The Hall–Kier alpha value is -3.34. The van der Waals surface area contributed by atoms with Crippen LogP contribution in [0.15, 0.2) is 18.2 Å². The third-order valence-electron chi connectivity index (χ3n) is 5.60. The van der Waals surface area contributed by atoms with E-state index in [-0.39, 0.29) is 54.5 Å². The average molecular weight is 582 g/mol. The molecule has 0 spiro atoms. The van der Waals surface area contributed by atoms with Crippen molar-refractivity contribution in [3.05, 3.63) is 23.8 Å². The number of hydrogen-bond acceptors (Lipinski definition) is 11. The van der Waals surface area contributed by atoms with Crippen LogP contribution in [0.25, 0.3) is 0 Å². The smallest absolute Gasteiger partial charge is 0.461 e. The van der Waals surface area contributed by atoms with Gasteiger partial charge in [0, 0.05) is 0 Å². The molecule has 11 nitrogen and oxygen atoms in total. The fourth-order valence-electron chi connectivity index (χ4n) is 2.82. The number of ether oxygens (including phenoxy) is 6. The quantitative estimate of drug-likeness (QED) is 0.187. The molecule has 0 aliphatic carbocycles. The maximum Gasteiger partial charge on any atom is 0.513 e. The molecule has 1 aromatic carbocycles. The highest BCUT2D eigenvalue weighted by Gasteiger charge is 2.28. The lowest BCUT2D eigenvalue weighted by molar-refractivity contribution is -0.164. The number of hydrogen-bond donors (Lipinski definition) is 1. The van der Waals surface area contributed by atoms with Crippen LogP contribution in [0.5, 0.6) is 11.5 Å². The number of benzene rings is 1. The molecule has 0 heterocycles. The topological polar surface area (TPSA) is 150 Å². The number of carbonyl (C=O) groups is 4. The molecule has 0 saturated heterocycles. The molecule has 2 atom stereocenters. The molecule has 1 rings (SSSR count). The van der Waals surface area contributed by atoms with Crippen LogP contribution in [0.1, 0.15) is 81.2 Å². The van der Waals surface area contributed by atoms with Gasteiger partial charge in [0.1, 0.15) is 18.8 Å². The van der Waals surface area contributed by atoms with Crippen molar-refractivity contribution < 1.29 is 47.6 Å². The first-order valence-electron chi connectivity index (χ1n) is 13.7. The zero-order valence-corrected chi connectivity index (χ0v) is 26.1. The number of nitrogens with two attached hydrogens (primary N) is 1. The summed E-state index contributed by atoms with van der Waals surface area (Å²) in [6.07, 6.45) is -2.07. The summed E-state index contributed by atoms with van der Waals surface area (Å²) in [6, 6.07) is 3.29. The van der Waals surface area contributed by atoms with Crippen LogP contribution in [-0.2, 0) is 35.0 Å². The second kappa shape index (κ2) is 15.0. The van der Waals surface area contributed by atoms with Crippen molar-refractivity contribution in [3.8, 4) is 11.5 Å². The monoisotopic (exact) mass is 581 g/mol. The van der Waals surface area contributed by atoms with Gasteiger partial charge in [-0.05, 0) is 62.1 Å². The van der Waals surface area contributed by atoms with Gasteiger partial charge in [0.15, 0.2) is 11.5 Å². The number of carbonyl (C=O) groups excluding carboxylic acids is 4. The SMILES string of the molecule is CCC(C)(C)C(=O)OC[C@H](C)OC(=O)[C@@H](N)Cc1ccc(OC(=O)OCC(C)(C)C)c(OC(=O)OCC(C)(C)C)c1. The fraction of sp³-hybridized carbons (Fsp3) is 0.667. The van der Waals surface area contributed by atoms with Crippen LogP contribution >= 0.6 is 0 Å². The normalized spacial score (nSPS) is 13.4. The Morgan fingerprint density at radius 3 is 1.80 bits per heavy atom. The van der Waals surface area contributed by atoms with Crippen LogP contribution in [0.2, 0.25) is 0 Å². The Kier molecular flexibility index (Phi) is 13.1. The highest BCUT2D eigenvalue weighted by atomic mass is 16.7. The maximum absolute atomic E-state index is 12.6. The molecule has 1 aromatic rings. The van der Waals surface area contributed by atoms with E-state index in [1.165, 1.54) is 12.1 Å². The maximum atomic E-state index is 12.6. The van der Waals surface area contributed by atoms with Crippen molar-refractivity contribution in [2.45, 2.75) is 94.2 Å². The summed E-state index contributed by atoms with van der Waals surface area (Å²) in [5.41, 5.74) is 5.34. The van der Waals surface area contributed by atoms with Gasteiger partial charge in [0.05, 0.1) is 18.6 Å². The van der Waals surface area contributed by atoms with Crippen molar-refractivity contribution in [1.29, 1.82) is 0 Å². The van der Waals surface area contributed by atoms with Gasteiger partial charge in [-0.2, -0.15) is 0 Å². The Labute approximate surface area is 243 Å². The first-order chi connectivity index (χ1) is 18.7. The van der Waals surface area contributed by atoms with Gasteiger partial charge >= 0.3 is 24.2 Å². The molecule has 0 aliphatic rings. The van der Waals surface area contributed by atoms with Gasteiger partial charge in [-0.15, -0.1) is 0 Å². The summed E-state index contributed by atoms with van der Waals surface area (Å²) in [7, 11) is 0. The molecular weight excluding hydrogens is 534 g/mol. The number of esters is 2. The zero-order valence-electron chi connectivity index (χ0n) is 26.1. The van der Waals surface area contributed by atoms with E-state index in [9.17, 15) is 19.2 Å². The number of rotatable bonds is 12. The first-order valence-corrected chi connectivity index (χ1v) is 13.7. The van der Waals surface area contributed by atoms with Crippen molar-refractivity contribution in [3.63, 3.8) is 0 Å².